The summed E-state index contributed by atoms with van der Waals surface area (Å²) < 4.78 is 5.24. The molecule has 156 valence electrons. The lowest BCUT2D eigenvalue weighted by molar-refractivity contribution is -0.914. The minimum atomic E-state index is -0.0266. The highest BCUT2D eigenvalue weighted by Crippen LogP contribution is 2.19. The molecule has 1 aliphatic heterocycles. The Labute approximate surface area is 174 Å². The molecule has 2 aromatic carbocycles. The summed E-state index contributed by atoms with van der Waals surface area (Å²) in [7, 11) is 1.69. The molecule has 2 aromatic rings. The minimum Gasteiger partial charge on any atom is -0.497 e. The summed E-state index contributed by atoms with van der Waals surface area (Å²) in [6.07, 6.45) is 1.02. The molecule has 3 rings (SSSR count). The van der Waals surface area contributed by atoms with Gasteiger partial charge in [-0.1, -0.05) is 37.3 Å². The molecule has 5 heteroatoms. The van der Waals surface area contributed by atoms with Crippen LogP contribution in [0.1, 0.15) is 31.7 Å². The Kier molecular flexibility index (Phi) is 7.53. The third-order valence-corrected chi connectivity index (χ3v) is 6.14. The van der Waals surface area contributed by atoms with Gasteiger partial charge in [0.2, 0.25) is 0 Å². The van der Waals surface area contributed by atoms with Gasteiger partial charge in [-0.3, -0.25) is 4.79 Å². The van der Waals surface area contributed by atoms with Gasteiger partial charge in [-0.05, 0) is 43.2 Å². The predicted octanol–water partition coefficient (Wildman–Crippen LogP) is 2.10. The van der Waals surface area contributed by atoms with Crippen molar-refractivity contribution in [1.82, 2.24) is 5.32 Å². The van der Waals surface area contributed by atoms with E-state index in [9.17, 15) is 4.79 Å². The van der Waals surface area contributed by atoms with Crippen molar-refractivity contribution in [3.8, 4) is 5.75 Å². The number of hydrogen-bond donors (Lipinski definition) is 2. The van der Waals surface area contributed by atoms with Crippen LogP contribution in [0.2, 0.25) is 0 Å². The van der Waals surface area contributed by atoms with E-state index >= 15 is 0 Å². The molecule has 1 aliphatic rings. The Hall–Kier alpha value is -2.53. The van der Waals surface area contributed by atoms with E-state index < -0.39 is 0 Å². The molecule has 5 nitrogen and oxygen atoms in total. The van der Waals surface area contributed by atoms with E-state index in [1.165, 1.54) is 16.2 Å². The lowest BCUT2D eigenvalue weighted by Crippen LogP contribution is -3.19. The largest absolute Gasteiger partial charge is 0.497 e. The number of carbonyl (C=O) groups is 1. The molecule has 0 aliphatic carbocycles. The number of nitrogens with one attached hydrogen (secondary N) is 2. The van der Waals surface area contributed by atoms with E-state index in [2.05, 4.69) is 60.5 Å². The number of hydrogen-bond acceptors (Lipinski definition) is 3. The maximum atomic E-state index is 12.8. The minimum absolute atomic E-state index is 0.0266. The summed E-state index contributed by atoms with van der Waals surface area (Å²) in [6, 6.07) is 18.6. The maximum Gasteiger partial charge on any atom is 0.278 e. The van der Waals surface area contributed by atoms with Crippen LogP contribution < -0.4 is 19.9 Å². The first-order chi connectivity index (χ1) is 14.1. The number of benzene rings is 2. The maximum absolute atomic E-state index is 12.8. The molecule has 0 unspecified atom stereocenters. The highest BCUT2D eigenvalue weighted by Gasteiger charge is 2.29. The number of methoxy groups -OCH3 is 1. The van der Waals surface area contributed by atoms with Crippen molar-refractivity contribution >= 4 is 11.6 Å². The summed E-state index contributed by atoms with van der Waals surface area (Å²) >= 11 is 0. The average molecular weight is 397 g/mol. The van der Waals surface area contributed by atoms with Crippen molar-refractivity contribution in [2.24, 2.45) is 0 Å². The van der Waals surface area contributed by atoms with E-state index in [1.807, 2.05) is 18.2 Å². The van der Waals surface area contributed by atoms with E-state index in [-0.39, 0.29) is 11.9 Å². The van der Waals surface area contributed by atoms with Crippen LogP contribution in [0.5, 0.6) is 5.75 Å². The van der Waals surface area contributed by atoms with Crippen molar-refractivity contribution in [3.63, 3.8) is 0 Å². The number of rotatable bonds is 8. The van der Waals surface area contributed by atoms with Crippen molar-refractivity contribution < 1.29 is 14.4 Å². The molecule has 0 spiro atoms. The second kappa shape index (κ2) is 10.3. The summed E-state index contributed by atoms with van der Waals surface area (Å²) in [5.74, 6) is 1.41. The SMILES string of the molecule is CC[C@@H](CNC(=O)[C@@H](C)[NH+]1CCN(c2ccc(OC)cc2)CC1)c1ccccc1. The first-order valence-corrected chi connectivity index (χ1v) is 10.7. The van der Waals surface area contributed by atoms with Gasteiger partial charge in [0.25, 0.3) is 5.91 Å². The van der Waals surface area contributed by atoms with Gasteiger partial charge in [0, 0.05) is 18.2 Å². The number of nitrogens with zero attached hydrogens (tertiary/aromatic N) is 1. The van der Waals surface area contributed by atoms with Gasteiger partial charge >= 0.3 is 0 Å². The third kappa shape index (κ3) is 5.51. The number of amides is 1. The zero-order valence-electron chi connectivity index (χ0n) is 17.9. The summed E-state index contributed by atoms with van der Waals surface area (Å²) in [4.78, 5) is 16.5. The number of ether oxygens (including phenoxy) is 1. The fraction of sp³-hybridized carbons (Fsp3) is 0.458. The zero-order valence-corrected chi connectivity index (χ0v) is 17.9. The number of piperazine rings is 1. The first-order valence-electron chi connectivity index (χ1n) is 10.7. The van der Waals surface area contributed by atoms with Gasteiger partial charge in [-0.2, -0.15) is 0 Å². The number of quaternary nitrogens is 1. The molecule has 0 bridgehead atoms. The Morgan fingerprint density at radius 1 is 1.10 bits per heavy atom. The number of anilines is 1. The first kappa shape index (κ1) is 21.2. The lowest BCUT2D eigenvalue weighted by Gasteiger charge is -2.36. The molecule has 2 N–H and O–H groups in total. The van der Waals surface area contributed by atoms with Crippen LogP contribution in [0.3, 0.4) is 0 Å². The van der Waals surface area contributed by atoms with Crippen molar-refractivity contribution in [3.05, 3.63) is 60.2 Å². The summed E-state index contributed by atoms with van der Waals surface area (Å²) in [5, 5.41) is 3.20. The van der Waals surface area contributed by atoms with E-state index in [1.54, 1.807) is 7.11 Å². The molecule has 1 saturated heterocycles. The fourth-order valence-corrected chi connectivity index (χ4v) is 4.06. The van der Waals surface area contributed by atoms with E-state index in [0.29, 0.717) is 12.5 Å². The van der Waals surface area contributed by atoms with Gasteiger partial charge in [0.05, 0.1) is 33.3 Å². The third-order valence-electron chi connectivity index (χ3n) is 6.14. The smallest absolute Gasteiger partial charge is 0.278 e. The summed E-state index contributed by atoms with van der Waals surface area (Å²) in [6.45, 7) is 8.79. The van der Waals surface area contributed by atoms with Crippen molar-refractivity contribution in [2.45, 2.75) is 32.2 Å². The molecule has 1 heterocycles. The molecule has 0 radical (unpaired) electrons. The summed E-state index contributed by atoms with van der Waals surface area (Å²) in [5.41, 5.74) is 2.51. The molecule has 1 amide bonds. The standard InChI is InChI=1S/C24H33N3O2/c1-4-20(21-8-6-5-7-9-21)18-25-24(28)19(2)26-14-16-27(17-15-26)22-10-12-23(29-3)13-11-22/h5-13,19-20H,4,14-18H2,1-3H3,(H,25,28)/p+1/t19-,20+/m1/s1. The fourth-order valence-electron chi connectivity index (χ4n) is 4.06. The average Bonchev–Trinajstić information content (AvgIpc) is 2.79. The van der Waals surface area contributed by atoms with Crippen LogP contribution >= 0.6 is 0 Å². The highest BCUT2D eigenvalue weighted by atomic mass is 16.5. The molecule has 0 saturated carbocycles. The van der Waals surface area contributed by atoms with Crippen LogP contribution in [-0.2, 0) is 4.79 Å². The van der Waals surface area contributed by atoms with Crippen LogP contribution in [-0.4, -0.2) is 51.8 Å². The van der Waals surface area contributed by atoms with Gasteiger partial charge < -0.3 is 19.9 Å². The number of carbonyl (C=O) groups excluding carboxylic acids is 1. The zero-order chi connectivity index (χ0) is 20.6. The van der Waals surface area contributed by atoms with Crippen LogP contribution in [0.25, 0.3) is 0 Å². The second-order valence-corrected chi connectivity index (χ2v) is 7.83. The Morgan fingerprint density at radius 2 is 1.76 bits per heavy atom. The van der Waals surface area contributed by atoms with Gasteiger partial charge in [-0.15, -0.1) is 0 Å². The predicted molar refractivity (Wildman–Crippen MR) is 118 cm³/mol. The van der Waals surface area contributed by atoms with E-state index in [0.717, 1.165) is 38.3 Å². The topological polar surface area (TPSA) is 46.0 Å². The van der Waals surface area contributed by atoms with Gasteiger partial charge in [0.1, 0.15) is 5.75 Å². The quantitative estimate of drug-likeness (QED) is 0.718. The monoisotopic (exact) mass is 396 g/mol. The van der Waals surface area contributed by atoms with Crippen LogP contribution in [0.4, 0.5) is 5.69 Å². The molecule has 29 heavy (non-hydrogen) atoms. The second-order valence-electron chi connectivity index (χ2n) is 7.83. The van der Waals surface area contributed by atoms with Crippen LogP contribution in [0, 0.1) is 0 Å². The van der Waals surface area contributed by atoms with Gasteiger partial charge in [0.15, 0.2) is 6.04 Å². The molecule has 0 aromatic heterocycles. The van der Waals surface area contributed by atoms with Crippen molar-refractivity contribution in [2.75, 3.05) is 44.7 Å². The van der Waals surface area contributed by atoms with Crippen LogP contribution in [0.15, 0.2) is 54.6 Å². The normalized spacial score (nSPS) is 16.9. The molecular formula is C24H34N3O2+. The van der Waals surface area contributed by atoms with E-state index in [4.69, 9.17) is 4.74 Å². The highest BCUT2D eigenvalue weighted by molar-refractivity contribution is 5.80. The molecular weight excluding hydrogens is 362 g/mol. The Balaban J connectivity index is 1.48. The lowest BCUT2D eigenvalue weighted by atomic mass is 9.96. The van der Waals surface area contributed by atoms with Crippen molar-refractivity contribution in [1.29, 1.82) is 0 Å². The molecule has 2 atom stereocenters. The molecule has 1 fully saturated rings. The Bertz CT molecular complexity index is 755. The Morgan fingerprint density at radius 3 is 2.34 bits per heavy atom. The van der Waals surface area contributed by atoms with Gasteiger partial charge in [-0.25, -0.2) is 0 Å².